The highest BCUT2D eigenvalue weighted by atomic mass is 127. The molecule has 0 amide bonds. The number of rotatable bonds is 8. The van der Waals surface area contributed by atoms with Gasteiger partial charge in [-0.1, -0.05) is 26.0 Å². The Kier molecular flexibility index (Phi) is 12.0. The number of piperazine rings is 1. The molecule has 7 heteroatoms. The number of aryl methyl sites for hydroxylation is 1. The molecule has 0 spiro atoms. The summed E-state index contributed by atoms with van der Waals surface area (Å²) in [4.78, 5) is 9.21. The Labute approximate surface area is 200 Å². The van der Waals surface area contributed by atoms with Gasteiger partial charge in [0.05, 0.1) is 6.10 Å². The number of likely N-dealkylation sites (N-methyl/N-ethyl adjacent to an activating group) is 2. The van der Waals surface area contributed by atoms with Crippen molar-refractivity contribution in [3.8, 4) is 5.75 Å². The van der Waals surface area contributed by atoms with Crippen LogP contribution in [0.1, 0.15) is 38.3 Å². The molecule has 1 heterocycles. The molecule has 0 aromatic heterocycles. The average Bonchev–Trinajstić information content (AvgIpc) is 2.65. The maximum Gasteiger partial charge on any atom is 0.191 e. The van der Waals surface area contributed by atoms with Crippen molar-refractivity contribution in [3.63, 3.8) is 0 Å². The molecule has 1 saturated heterocycles. The molecule has 0 bridgehead atoms. The lowest BCUT2D eigenvalue weighted by Crippen LogP contribution is -2.55. The molecule has 1 fully saturated rings. The summed E-state index contributed by atoms with van der Waals surface area (Å²) in [5, 5.41) is 6.94. The van der Waals surface area contributed by atoms with Gasteiger partial charge in [-0.3, -0.25) is 9.89 Å². The monoisotopic (exact) mass is 531 g/mol. The van der Waals surface area contributed by atoms with Crippen LogP contribution in [0.25, 0.3) is 0 Å². The zero-order valence-electron chi connectivity index (χ0n) is 19.9. The summed E-state index contributed by atoms with van der Waals surface area (Å²) in [7, 11) is 6.21. The van der Waals surface area contributed by atoms with Crippen molar-refractivity contribution in [2.24, 2.45) is 10.9 Å². The van der Waals surface area contributed by atoms with E-state index in [1.54, 1.807) is 0 Å². The minimum absolute atomic E-state index is 0. The van der Waals surface area contributed by atoms with E-state index in [1.165, 1.54) is 5.56 Å². The molecular weight excluding hydrogens is 489 g/mol. The van der Waals surface area contributed by atoms with Crippen molar-refractivity contribution >= 4 is 29.9 Å². The first-order valence-corrected chi connectivity index (χ1v) is 10.9. The summed E-state index contributed by atoms with van der Waals surface area (Å²) in [5.41, 5.74) is 2.37. The highest BCUT2D eigenvalue weighted by Gasteiger charge is 2.22. The minimum atomic E-state index is 0. The Morgan fingerprint density at radius 1 is 1.20 bits per heavy atom. The van der Waals surface area contributed by atoms with E-state index in [0.717, 1.165) is 49.9 Å². The topological polar surface area (TPSA) is 52.1 Å². The summed E-state index contributed by atoms with van der Waals surface area (Å²) < 4.78 is 6.27. The van der Waals surface area contributed by atoms with Crippen LogP contribution in [0.5, 0.6) is 5.75 Å². The van der Waals surface area contributed by atoms with E-state index in [2.05, 4.69) is 85.4 Å². The van der Waals surface area contributed by atoms with Gasteiger partial charge in [-0.2, -0.15) is 0 Å². The summed E-state index contributed by atoms with van der Waals surface area (Å²) in [5.74, 6) is 2.42. The molecule has 1 aliphatic heterocycles. The van der Waals surface area contributed by atoms with E-state index in [1.807, 2.05) is 7.05 Å². The van der Waals surface area contributed by atoms with Crippen LogP contribution in [0.4, 0.5) is 0 Å². The van der Waals surface area contributed by atoms with Gasteiger partial charge in [0, 0.05) is 51.4 Å². The highest BCUT2D eigenvalue weighted by Crippen LogP contribution is 2.23. The van der Waals surface area contributed by atoms with Crippen LogP contribution in [-0.2, 0) is 6.54 Å². The van der Waals surface area contributed by atoms with E-state index in [0.29, 0.717) is 18.5 Å². The number of aliphatic imine (C=N–C) groups is 1. The second-order valence-corrected chi connectivity index (χ2v) is 8.87. The van der Waals surface area contributed by atoms with Gasteiger partial charge >= 0.3 is 0 Å². The number of benzene rings is 1. The number of hydrogen-bond donors (Lipinski definition) is 2. The lowest BCUT2D eigenvalue weighted by atomic mass is 10.1. The number of hydrogen-bond acceptors (Lipinski definition) is 4. The predicted molar refractivity (Wildman–Crippen MR) is 138 cm³/mol. The Bertz CT molecular complexity index is 667. The number of guanidine groups is 1. The van der Waals surface area contributed by atoms with E-state index in [-0.39, 0.29) is 30.1 Å². The molecule has 0 saturated carbocycles. The van der Waals surface area contributed by atoms with Crippen molar-refractivity contribution in [1.82, 2.24) is 20.4 Å². The van der Waals surface area contributed by atoms with Gasteiger partial charge in [-0.15, -0.1) is 24.0 Å². The van der Waals surface area contributed by atoms with Crippen molar-refractivity contribution in [2.75, 3.05) is 47.3 Å². The molecule has 2 atom stereocenters. The third-order valence-electron chi connectivity index (χ3n) is 5.51. The van der Waals surface area contributed by atoms with Gasteiger partial charge in [-0.05, 0) is 51.9 Å². The van der Waals surface area contributed by atoms with E-state index in [4.69, 9.17) is 4.74 Å². The van der Waals surface area contributed by atoms with Gasteiger partial charge in [0.25, 0.3) is 0 Å². The minimum Gasteiger partial charge on any atom is -0.490 e. The van der Waals surface area contributed by atoms with E-state index < -0.39 is 0 Å². The van der Waals surface area contributed by atoms with Crippen LogP contribution in [0.15, 0.2) is 23.2 Å². The first kappa shape index (κ1) is 27.0. The zero-order chi connectivity index (χ0) is 21.4. The van der Waals surface area contributed by atoms with Crippen LogP contribution in [0.3, 0.4) is 0 Å². The molecule has 1 aromatic carbocycles. The van der Waals surface area contributed by atoms with Crippen LogP contribution in [0.2, 0.25) is 0 Å². The molecule has 0 radical (unpaired) electrons. The predicted octanol–water partition coefficient (Wildman–Crippen LogP) is 3.34. The molecule has 2 unspecified atom stereocenters. The Balaban J connectivity index is 0.00000450. The largest absolute Gasteiger partial charge is 0.490 e. The van der Waals surface area contributed by atoms with Gasteiger partial charge in [0.2, 0.25) is 0 Å². The summed E-state index contributed by atoms with van der Waals surface area (Å²) in [6, 6.07) is 6.91. The number of halogens is 1. The maximum absolute atomic E-state index is 6.27. The van der Waals surface area contributed by atoms with Gasteiger partial charge in [-0.25, -0.2) is 0 Å². The number of ether oxygens (including phenoxy) is 1. The second kappa shape index (κ2) is 13.4. The maximum atomic E-state index is 6.27. The highest BCUT2D eigenvalue weighted by molar-refractivity contribution is 14.0. The van der Waals surface area contributed by atoms with Crippen LogP contribution >= 0.6 is 24.0 Å². The average molecular weight is 532 g/mol. The van der Waals surface area contributed by atoms with E-state index in [9.17, 15) is 0 Å². The quantitative estimate of drug-likeness (QED) is 0.306. The number of nitrogens with one attached hydrogen (secondary N) is 2. The molecule has 172 valence electrons. The van der Waals surface area contributed by atoms with Gasteiger partial charge < -0.3 is 20.3 Å². The standard InChI is InChI=1S/C23H41N5O.HI/c1-17(2)12-19(4)29-22-13-18(3)8-9-20(22)14-25-23(24-5)26-15-21-16-27(6)10-11-28(21)7;/h8-9,13,17,19,21H,10-12,14-16H2,1-7H3,(H2,24,25,26);1H. The van der Waals surface area contributed by atoms with Crippen LogP contribution < -0.4 is 15.4 Å². The molecule has 30 heavy (non-hydrogen) atoms. The van der Waals surface area contributed by atoms with Crippen LogP contribution in [0, 0.1) is 12.8 Å². The summed E-state index contributed by atoms with van der Waals surface area (Å²) in [6.07, 6.45) is 1.25. The third kappa shape index (κ3) is 8.98. The second-order valence-electron chi connectivity index (χ2n) is 8.87. The lowest BCUT2D eigenvalue weighted by molar-refractivity contribution is 0.116. The fourth-order valence-electron chi connectivity index (χ4n) is 3.78. The third-order valence-corrected chi connectivity index (χ3v) is 5.51. The van der Waals surface area contributed by atoms with Crippen molar-refractivity contribution in [3.05, 3.63) is 29.3 Å². The van der Waals surface area contributed by atoms with Crippen LogP contribution in [-0.4, -0.2) is 75.2 Å². The molecule has 0 aliphatic carbocycles. The number of nitrogens with zero attached hydrogens (tertiary/aromatic N) is 3. The Hall–Kier alpha value is -1.06. The smallest absolute Gasteiger partial charge is 0.191 e. The fourth-order valence-corrected chi connectivity index (χ4v) is 3.78. The van der Waals surface area contributed by atoms with E-state index >= 15 is 0 Å². The van der Waals surface area contributed by atoms with Crippen molar-refractivity contribution in [2.45, 2.75) is 52.8 Å². The molecular formula is C23H42IN5O. The molecule has 6 nitrogen and oxygen atoms in total. The fraction of sp³-hybridized carbons (Fsp3) is 0.696. The summed E-state index contributed by atoms with van der Waals surface area (Å²) >= 11 is 0. The van der Waals surface area contributed by atoms with Crippen molar-refractivity contribution < 1.29 is 4.74 Å². The molecule has 1 aliphatic rings. The molecule has 2 rings (SSSR count). The van der Waals surface area contributed by atoms with Gasteiger partial charge in [0.1, 0.15) is 5.75 Å². The Morgan fingerprint density at radius 3 is 2.60 bits per heavy atom. The van der Waals surface area contributed by atoms with Gasteiger partial charge in [0.15, 0.2) is 5.96 Å². The SMILES string of the molecule is CN=C(NCc1ccc(C)cc1OC(C)CC(C)C)NCC1CN(C)CCN1C.I. The first-order valence-electron chi connectivity index (χ1n) is 10.9. The molecule has 2 N–H and O–H groups in total. The zero-order valence-corrected chi connectivity index (χ0v) is 22.2. The normalized spacial score (nSPS) is 19.3. The molecule has 1 aromatic rings. The van der Waals surface area contributed by atoms with Crippen molar-refractivity contribution in [1.29, 1.82) is 0 Å². The Morgan fingerprint density at radius 2 is 1.93 bits per heavy atom. The summed E-state index contributed by atoms with van der Waals surface area (Å²) in [6.45, 7) is 13.6. The first-order chi connectivity index (χ1) is 13.8. The lowest BCUT2D eigenvalue weighted by Gasteiger charge is -2.37.